The van der Waals surface area contributed by atoms with Crippen molar-refractivity contribution in [1.29, 1.82) is 0 Å². The molecule has 7 nitrogen and oxygen atoms in total. The van der Waals surface area contributed by atoms with Gasteiger partial charge in [0.2, 0.25) is 0 Å². The molecule has 0 spiro atoms. The Labute approximate surface area is 90.0 Å². The van der Waals surface area contributed by atoms with E-state index >= 15 is 0 Å². The Kier molecular flexibility index (Phi) is 3.25. The summed E-state index contributed by atoms with van der Waals surface area (Å²) in [5, 5.41) is 10.1. The number of nitro benzene ring substituents is 1. The lowest BCUT2D eigenvalue weighted by Crippen LogP contribution is -2.30. The molecule has 15 heavy (non-hydrogen) atoms. The number of hydrogen-bond donors (Lipinski definition) is 2. The van der Waals surface area contributed by atoms with Gasteiger partial charge in [-0.25, -0.2) is 8.42 Å². The van der Waals surface area contributed by atoms with Crippen LogP contribution in [0, 0.1) is 10.1 Å². The fourth-order valence-electron chi connectivity index (χ4n) is 0.885. The number of nitro groups is 1. The molecule has 9 heteroatoms. The van der Waals surface area contributed by atoms with Crippen LogP contribution in [-0.2, 0) is 10.0 Å². The van der Waals surface area contributed by atoms with Crippen molar-refractivity contribution in [2.45, 2.75) is 4.90 Å². The zero-order valence-corrected chi connectivity index (χ0v) is 8.75. The maximum Gasteiger partial charge on any atom is 0.271 e. The molecule has 0 saturated heterocycles. The van der Waals surface area contributed by atoms with Gasteiger partial charge in [0.25, 0.3) is 15.7 Å². The maximum absolute atomic E-state index is 11.2. The van der Waals surface area contributed by atoms with Crippen molar-refractivity contribution in [1.82, 2.24) is 4.83 Å². The Morgan fingerprint density at radius 2 is 2.07 bits per heavy atom. The zero-order valence-electron chi connectivity index (χ0n) is 7.18. The largest absolute Gasteiger partial charge is 0.271 e. The molecular formula is C6H6ClN3O4S. The van der Waals surface area contributed by atoms with Crippen LogP contribution in [0.25, 0.3) is 0 Å². The highest BCUT2D eigenvalue weighted by Crippen LogP contribution is 2.25. The van der Waals surface area contributed by atoms with Gasteiger partial charge in [0.15, 0.2) is 0 Å². The Morgan fingerprint density at radius 1 is 1.47 bits per heavy atom. The second-order valence-electron chi connectivity index (χ2n) is 2.49. The van der Waals surface area contributed by atoms with Crippen LogP contribution in [0.3, 0.4) is 0 Å². The third kappa shape index (κ3) is 2.42. The molecule has 0 bridgehead atoms. The van der Waals surface area contributed by atoms with Crippen molar-refractivity contribution in [2.75, 3.05) is 0 Å². The Balaban J connectivity index is 3.32. The van der Waals surface area contributed by atoms with E-state index in [4.69, 9.17) is 17.4 Å². The molecule has 1 rings (SSSR count). The van der Waals surface area contributed by atoms with Crippen LogP contribution in [0.4, 0.5) is 5.69 Å². The van der Waals surface area contributed by atoms with E-state index < -0.39 is 14.9 Å². The number of sulfonamides is 1. The minimum Gasteiger partial charge on any atom is -0.258 e. The third-order valence-corrected chi connectivity index (χ3v) is 3.24. The summed E-state index contributed by atoms with van der Waals surface area (Å²) in [6.07, 6.45) is 0. The molecule has 0 aliphatic heterocycles. The first-order valence-electron chi connectivity index (χ1n) is 3.55. The average Bonchev–Trinajstić information content (AvgIpc) is 2.17. The van der Waals surface area contributed by atoms with Gasteiger partial charge >= 0.3 is 0 Å². The lowest BCUT2D eigenvalue weighted by Gasteiger charge is -2.03. The molecule has 0 saturated carbocycles. The summed E-state index contributed by atoms with van der Waals surface area (Å²) in [7, 11) is -3.90. The molecule has 1 aromatic carbocycles. The number of non-ortho nitro benzene ring substituents is 1. The van der Waals surface area contributed by atoms with Crippen molar-refractivity contribution in [3.8, 4) is 0 Å². The molecule has 0 amide bonds. The fraction of sp³-hybridized carbons (Fsp3) is 0. The highest BCUT2D eigenvalue weighted by Gasteiger charge is 2.18. The van der Waals surface area contributed by atoms with Crippen LogP contribution in [0.1, 0.15) is 0 Å². The number of halogens is 1. The van der Waals surface area contributed by atoms with Crippen molar-refractivity contribution in [3.63, 3.8) is 0 Å². The summed E-state index contributed by atoms with van der Waals surface area (Å²) in [4.78, 5) is 10.9. The first kappa shape index (κ1) is 11.9. The van der Waals surface area contributed by atoms with E-state index in [1.165, 1.54) is 0 Å². The lowest BCUT2D eigenvalue weighted by atomic mass is 10.3. The van der Waals surface area contributed by atoms with Crippen molar-refractivity contribution in [3.05, 3.63) is 33.3 Å². The number of hydrogen-bond acceptors (Lipinski definition) is 5. The van der Waals surface area contributed by atoms with Gasteiger partial charge in [-0.15, -0.1) is 0 Å². The number of benzene rings is 1. The molecule has 0 unspecified atom stereocenters. The Morgan fingerprint density at radius 3 is 2.47 bits per heavy atom. The second-order valence-corrected chi connectivity index (χ2v) is 4.58. The highest BCUT2D eigenvalue weighted by atomic mass is 35.5. The number of nitrogens with two attached hydrogens (primary N) is 1. The van der Waals surface area contributed by atoms with E-state index in [0.717, 1.165) is 18.2 Å². The first-order valence-corrected chi connectivity index (χ1v) is 5.41. The van der Waals surface area contributed by atoms with E-state index in [9.17, 15) is 18.5 Å². The Bertz CT molecular complexity index is 501. The molecule has 0 aliphatic carbocycles. The maximum atomic E-state index is 11.2. The van der Waals surface area contributed by atoms with E-state index in [0.29, 0.717) is 0 Å². The van der Waals surface area contributed by atoms with Crippen LogP contribution in [-0.4, -0.2) is 13.3 Å². The molecule has 0 radical (unpaired) electrons. The van der Waals surface area contributed by atoms with Crippen molar-refractivity contribution >= 4 is 27.3 Å². The summed E-state index contributed by atoms with van der Waals surface area (Å²) in [5.74, 6) is 4.77. The lowest BCUT2D eigenvalue weighted by molar-refractivity contribution is -0.384. The van der Waals surface area contributed by atoms with Crippen LogP contribution in [0.15, 0.2) is 23.1 Å². The molecule has 0 heterocycles. The third-order valence-electron chi connectivity index (χ3n) is 1.57. The topological polar surface area (TPSA) is 115 Å². The molecule has 0 fully saturated rings. The van der Waals surface area contributed by atoms with Gasteiger partial charge < -0.3 is 0 Å². The predicted octanol–water partition coefficient (Wildman–Crippen LogP) is 0.400. The van der Waals surface area contributed by atoms with Gasteiger partial charge in [-0.1, -0.05) is 11.6 Å². The standard InChI is InChI=1S/C6H6ClN3O4S/c7-5-3-4(10(11)12)1-2-6(5)15(13,14)9-8/h1-3,9H,8H2. The number of nitrogens with one attached hydrogen (secondary N) is 1. The van der Waals surface area contributed by atoms with Crippen LogP contribution < -0.4 is 10.7 Å². The predicted molar refractivity (Wildman–Crippen MR) is 52.6 cm³/mol. The van der Waals surface area contributed by atoms with Gasteiger partial charge in [0.05, 0.1) is 9.95 Å². The molecule has 82 valence electrons. The zero-order chi connectivity index (χ0) is 11.6. The minimum absolute atomic E-state index is 0.262. The van der Waals surface area contributed by atoms with Crippen LogP contribution in [0.2, 0.25) is 5.02 Å². The molecule has 3 N–H and O–H groups in total. The normalized spacial score (nSPS) is 11.3. The summed E-state index contributed by atoms with van der Waals surface area (Å²) in [6, 6.07) is 2.97. The molecule has 0 atom stereocenters. The molecule has 0 aliphatic rings. The van der Waals surface area contributed by atoms with Crippen molar-refractivity contribution < 1.29 is 13.3 Å². The molecule has 1 aromatic rings. The number of rotatable bonds is 3. The van der Waals surface area contributed by atoms with Crippen molar-refractivity contribution in [2.24, 2.45) is 5.84 Å². The average molecular weight is 252 g/mol. The smallest absolute Gasteiger partial charge is 0.258 e. The quantitative estimate of drug-likeness (QED) is 0.458. The number of hydrazine groups is 1. The van der Waals surface area contributed by atoms with Gasteiger partial charge in [0, 0.05) is 12.1 Å². The summed E-state index contributed by atoms with van der Waals surface area (Å²) in [6.45, 7) is 0. The fourth-order valence-corrected chi connectivity index (χ4v) is 2.05. The molecule has 0 aromatic heterocycles. The van der Waals surface area contributed by atoms with Crippen LogP contribution >= 0.6 is 11.6 Å². The Hall–Kier alpha value is -1.22. The second kappa shape index (κ2) is 4.11. The summed E-state index contributed by atoms with van der Waals surface area (Å²) >= 11 is 5.56. The highest BCUT2D eigenvalue weighted by molar-refractivity contribution is 7.89. The number of nitrogens with zero attached hydrogens (tertiary/aromatic N) is 1. The first-order chi connectivity index (χ1) is 6.88. The minimum atomic E-state index is -3.90. The van der Waals surface area contributed by atoms with Gasteiger partial charge in [-0.05, 0) is 6.07 Å². The monoisotopic (exact) mass is 251 g/mol. The van der Waals surface area contributed by atoms with Gasteiger partial charge in [-0.3, -0.25) is 16.0 Å². The van der Waals surface area contributed by atoms with Gasteiger partial charge in [0.1, 0.15) is 4.90 Å². The summed E-state index contributed by atoms with van der Waals surface area (Å²) < 4.78 is 22.4. The van der Waals surface area contributed by atoms with Crippen LogP contribution in [0.5, 0.6) is 0 Å². The van der Waals surface area contributed by atoms with Gasteiger partial charge in [-0.2, -0.15) is 4.83 Å². The van der Waals surface area contributed by atoms with E-state index in [-0.39, 0.29) is 15.6 Å². The van der Waals surface area contributed by atoms with E-state index in [1.807, 2.05) is 0 Å². The van der Waals surface area contributed by atoms with E-state index in [2.05, 4.69) is 0 Å². The molecular weight excluding hydrogens is 246 g/mol. The summed E-state index contributed by atoms with van der Waals surface area (Å²) in [5.41, 5.74) is -0.295. The SMILES string of the molecule is NNS(=O)(=O)c1ccc([N+](=O)[O-])cc1Cl. The van der Waals surface area contributed by atoms with E-state index in [1.54, 1.807) is 4.83 Å².